The van der Waals surface area contributed by atoms with Crippen molar-refractivity contribution < 1.29 is 23.8 Å². The van der Waals surface area contributed by atoms with Crippen LogP contribution in [0.1, 0.15) is 22.8 Å². The van der Waals surface area contributed by atoms with E-state index in [-0.39, 0.29) is 18.2 Å². The van der Waals surface area contributed by atoms with Gasteiger partial charge in [0.05, 0.1) is 39.1 Å². The maximum atomic E-state index is 13.0. The van der Waals surface area contributed by atoms with Crippen molar-refractivity contribution in [1.82, 2.24) is 5.32 Å². The van der Waals surface area contributed by atoms with Crippen LogP contribution in [0.15, 0.2) is 42.0 Å². The van der Waals surface area contributed by atoms with Crippen LogP contribution in [-0.4, -0.2) is 46.6 Å². The zero-order valence-corrected chi connectivity index (χ0v) is 17.3. The third-order valence-corrected chi connectivity index (χ3v) is 4.23. The zero-order valence-electron chi connectivity index (χ0n) is 17.3. The number of Topliss-reactive ketones (excluding diaryl/α,β-unsaturated/α-hetero) is 1. The molecule has 2 rings (SSSR count). The highest BCUT2D eigenvalue weighted by molar-refractivity contribution is 6.12. The number of anilines is 1. The van der Waals surface area contributed by atoms with Gasteiger partial charge in [-0.05, 0) is 61.5 Å². The lowest BCUT2D eigenvalue weighted by Gasteiger charge is -2.12. The number of methoxy groups -OCH3 is 3. The summed E-state index contributed by atoms with van der Waals surface area (Å²) in [5.74, 6) is 1.20. The number of hydrogen-bond acceptors (Lipinski definition) is 6. The number of carbonyl (C=O) groups excluding carboxylic acids is 2. The Balaban J connectivity index is 2.35. The van der Waals surface area contributed by atoms with Crippen LogP contribution in [0.25, 0.3) is 6.08 Å². The number of carbonyl (C=O) groups is 2. The summed E-state index contributed by atoms with van der Waals surface area (Å²) in [6, 6.07) is 10.4. The summed E-state index contributed by atoms with van der Waals surface area (Å²) in [6.45, 7) is 1.90. The molecule has 0 aliphatic heterocycles. The van der Waals surface area contributed by atoms with Crippen LogP contribution in [-0.2, 0) is 4.79 Å². The highest BCUT2D eigenvalue weighted by Crippen LogP contribution is 2.29. The lowest BCUT2D eigenvalue weighted by molar-refractivity contribution is -0.115. The predicted molar refractivity (Wildman–Crippen MR) is 113 cm³/mol. The largest absolute Gasteiger partial charge is 0.497 e. The van der Waals surface area contributed by atoms with Crippen molar-refractivity contribution in [3.8, 4) is 17.2 Å². The first kappa shape index (κ1) is 22.0. The van der Waals surface area contributed by atoms with Crippen LogP contribution in [0.5, 0.6) is 17.2 Å². The molecule has 1 amide bonds. The fourth-order valence-electron chi connectivity index (χ4n) is 2.79. The molecule has 0 bridgehead atoms. The van der Waals surface area contributed by atoms with Gasteiger partial charge in [0.1, 0.15) is 17.2 Å². The molecule has 0 fully saturated rings. The number of nitrogens with one attached hydrogen (secondary N) is 2. The molecular weight excluding hydrogens is 372 g/mol. The highest BCUT2D eigenvalue weighted by atomic mass is 16.5. The maximum absolute atomic E-state index is 13.0. The van der Waals surface area contributed by atoms with Gasteiger partial charge in [0.2, 0.25) is 5.91 Å². The van der Waals surface area contributed by atoms with Gasteiger partial charge in [-0.3, -0.25) is 9.59 Å². The van der Waals surface area contributed by atoms with Gasteiger partial charge in [-0.1, -0.05) is 6.07 Å². The minimum Gasteiger partial charge on any atom is -0.497 e. The molecule has 0 atom stereocenters. The van der Waals surface area contributed by atoms with Gasteiger partial charge in [0.15, 0.2) is 5.78 Å². The molecule has 0 heterocycles. The number of amides is 1. The molecule has 29 heavy (non-hydrogen) atoms. The molecular formula is C22H26N2O5. The fourth-order valence-corrected chi connectivity index (χ4v) is 2.79. The number of benzene rings is 2. The van der Waals surface area contributed by atoms with E-state index in [1.807, 2.05) is 6.07 Å². The Bertz CT molecular complexity index is 921. The first-order chi connectivity index (χ1) is 13.9. The van der Waals surface area contributed by atoms with E-state index in [0.29, 0.717) is 34.1 Å². The third-order valence-electron chi connectivity index (χ3n) is 4.23. The number of rotatable bonds is 9. The minimum atomic E-state index is -0.194. The number of ketones is 1. The first-order valence-corrected chi connectivity index (χ1v) is 9.01. The molecule has 0 aliphatic rings. The van der Waals surface area contributed by atoms with Crippen LogP contribution in [0, 0.1) is 0 Å². The molecule has 0 aliphatic carbocycles. The second kappa shape index (κ2) is 10.3. The van der Waals surface area contributed by atoms with E-state index in [1.165, 1.54) is 14.2 Å². The summed E-state index contributed by atoms with van der Waals surface area (Å²) in [4.78, 5) is 24.9. The van der Waals surface area contributed by atoms with Crippen molar-refractivity contribution >= 4 is 23.5 Å². The van der Waals surface area contributed by atoms with Gasteiger partial charge < -0.3 is 24.8 Å². The van der Waals surface area contributed by atoms with Gasteiger partial charge in [0, 0.05) is 0 Å². The molecule has 0 saturated heterocycles. The average molecular weight is 398 g/mol. The van der Waals surface area contributed by atoms with Crippen molar-refractivity contribution in [2.24, 2.45) is 0 Å². The van der Waals surface area contributed by atoms with E-state index >= 15 is 0 Å². The molecule has 2 aromatic carbocycles. The summed E-state index contributed by atoms with van der Waals surface area (Å²) in [5, 5.41) is 5.59. The summed E-state index contributed by atoms with van der Waals surface area (Å²) in [6.07, 6.45) is 1.74. The van der Waals surface area contributed by atoms with E-state index in [2.05, 4.69) is 10.6 Å². The van der Waals surface area contributed by atoms with Gasteiger partial charge in [-0.25, -0.2) is 0 Å². The minimum absolute atomic E-state index is 0.177. The summed E-state index contributed by atoms with van der Waals surface area (Å²) < 4.78 is 15.8. The average Bonchev–Trinajstić information content (AvgIpc) is 2.73. The van der Waals surface area contributed by atoms with Crippen molar-refractivity contribution in [2.75, 3.05) is 40.2 Å². The number of hydrogen-bond donors (Lipinski definition) is 2. The molecule has 7 heteroatoms. The molecule has 0 spiro atoms. The number of allylic oxidation sites excluding steroid dienone is 1. The Morgan fingerprint density at radius 3 is 2.28 bits per heavy atom. The molecule has 7 nitrogen and oxygen atoms in total. The highest BCUT2D eigenvalue weighted by Gasteiger charge is 2.16. The SMILES string of the molecule is CNCC(=O)Nc1cc(/C=C(\C)C(=O)c2cc(OC)ccc2OC)ccc1OC. The summed E-state index contributed by atoms with van der Waals surface area (Å²) in [5.41, 5.74) is 2.20. The van der Waals surface area contributed by atoms with Gasteiger partial charge in [-0.15, -0.1) is 0 Å². The summed E-state index contributed by atoms with van der Waals surface area (Å²) >= 11 is 0. The van der Waals surface area contributed by atoms with E-state index in [1.54, 1.807) is 57.5 Å². The topological polar surface area (TPSA) is 85.9 Å². The predicted octanol–water partition coefficient (Wildman–Crippen LogP) is 3.16. The standard InChI is InChI=1S/C22H26N2O5/c1-14(22(26)17-12-16(27-3)7-9-19(17)28-4)10-15-6-8-20(29-5)18(11-15)24-21(25)13-23-2/h6-12,23H,13H2,1-5H3,(H,24,25)/b14-10+. The lowest BCUT2D eigenvalue weighted by atomic mass is 10.0. The molecule has 0 unspecified atom stereocenters. The first-order valence-electron chi connectivity index (χ1n) is 9.01. The molecule has 0 saturated carbocycles. The Morgan fingerprint density at radius 2 is 1.66 bits per heavy atom. The van der Waals surface area contributed by atoms with Crippen molar-refractivity contribution in [1.29, 1.82) is 0 Å². The normalized spacial score (nSPS) is 11.0. The number of ether oxygens (including phenoxy) is 3. The van der Waals surface area contributed by atoms with E-state index in [4.69, 9.17) is 14.2 Å². The molecule has 2 N–H and O–H groups in total. The smallest absolute Gasteiger partial charge is 0.238 e. The van der Waals surface area contributed by atoms with E-state index in [9.17, 15) is 9.59 Å². The fraction of sp³-hybridized carbons (Fsp3) is 0.273. The Labute approximate surface area is 170 Å². The Kier molecular flexibility index (Phi) is 7.79. The van der Waals surface area contributed by atoms with Crippen molar-refractivity contribution in [3.63, 3.8) is 0 Å². The molecule has 154 valence electrons. The lowest BCUT2D eigenvalue weighted by Crippen LogP contribution is -2.25. The molecule has 0 aromatic heterocycles. The monoisotopic (exact) mass is 398 g/mol. The molecule has 2 aromatic rings. The third kappa shape index (κ3) is 5.58. The molecule has 0 radical (unpaired) electrons. The van der Waals surface area contributed by atoms with Crippen molar-refractivity contribution in [2.45, 2.75) is 6.92 Å². The van der Waals surface area contributed by atoms with E-state index < -0.39 is 0 Å². The van der Waals surface area contributed by atoms with Crippen LogP contribution in [0.2, 0.25) is 0 Å². The maximum Gasteiger partial charge on any atom is 0.238 e. The van der Waals surface area contributed by atoms with Crippen LogP contribution in [0.4, 0.5) is 5.69 Å². The number of likely N-dealkylation sites (N-methyl/N-ethyl adjacent to an activating group) is 1. The second-order valence-corrected chi connectivity index (χ2v) is 6.26. The second-order valence-electron chi connectivity index (χ2n) is 6.26. The Hall–Kier alpha value is -3.32. The summed E-state index contributed by atoms with van der Waals surface area (Å²) in [7, 11) is 6.28. The van der Waals surface area contributed by atoms with Gasteiger partial charge in [-0.2, -0.15) is 0 Å². The Morgan fingerprint density at radius 1 is 0.966 bits per heavy atom. The van der Waals surface area contributed by atoms with Gasteiger partial charge in [0.25, 0.3) is 0 Å². The van der Waals surface area contributed by atoms with Crippen LogP contribution in [0.3, 0.4) is 0 Å². The van der Waals surface area contributed by atoms with Gasteiger partial charge >= 0.3 is 0 Å². The quantitative estimate of drug-likeness (QED) is 0.499. The van der Waals surface area contributed by atoms with Crippen molar-refractivity contribution in [3.05, 3.63) is 53.1 Å². The van der Waals surface area contributed by atoms with Crippen LogP contribution < -0.4 is 24.8 Å². The zero-order chi connectivity index (χ0) is 21.4. The van der Waals surface area contributed by atoms with Crippen LogP contribution >= 0.6 is 0 Å². The van der Waals surface area contributed by atoms with E-state index in [0.717, 1.165) is 5.56 Å².